The Hall–Kier alpha value is -2.68. The molecular formula is C15H13F2NO5S. The molecule has 0 saturated heterocycles. The number of sulfonamides is 1. The summed E-state index contributed by atoms with van der Waals surface area (Å²) in [4.78, 5) is 10.5. The summed E-state index contributed by atoms with van der Waals surface area (Å²) in [5.74, 6) is -3.46. The van der Waals surface area contributed by atoms with Crippen molar-refractivity contribution in [1.82, 2.24) is 0 Å². The highest BCUT2D eigenvalue weighted by Gasteiger charge is 2.21. The Morgan fingerprint density at radius 2 is 1.88 bits per heavy atom. The Labute approximate surface area is 136 Å². The van der Waals surface area contributed by atoms with Crippen molar-refractivity contribution >= 4 is 21.7 Å². The van der Waals surface area contributed by atoms with Crippen molar-refractivity contribution in [2.75, 3.05) is 11.8 Å². The number of ether oxygens (including phenoxy) is 1. The topological polar surface area (TPSA) is 92.7 Å². The lowest BCUT2D eigenvalue weighted by Crippen LogP contribution is -2.15. The third-order valence-corrected chi connectivity index (χ3v) is 4.45. The fraction of sp³-hybridized carbons (Fsp3) is 0.133. The Kier molecular flexibility index (Phi) is 5.03. The number of carboxylic acids is 1. The molecule has 0 spiro atoms. The molecule has 0 fully saturated rings. The number of halogens is 2. The average molecular weight is 357 g/mol. The molecule has 0 amide bonds. The zero-order valence-corrected chi connectivity index (χ0v) is 13.2. The van der Waals surface area contributed by atoms with Crippen molar-refractivity contribution in [1.29, 1.82) is 0 Å². The summed E-state index contributed by atoms with van der Waals surface area (Å²) in [6.45, 7) is 0. The first-order chi connectivity index (χ1) is 11.2. The summed E-state index contributed by atoms with van der Waals surface area (Å²) in [5, 5.41) is 8.81. The maximum Gasteiger partial charge on any atom is 0.307 e. The maximum absolute atomic E-state index is 13.2. The second kappa shape index (κ2) is 6.83. The fourth-order valence-electron chi connectivity index (χ4n) is 1.99. The van der Waals surface area contributed by atoms with Gasteiger partial charge in [0, 0.05) is 6.07 Å². The zero-order valence-electron chi connectivity index (χ0n) is 12.4. The van der Waals surface area contributed by atoms with E-state index in [1.807, 2.05) is 0 Å². The monoisotopic (exact) mass is 357 g/mol. The van der Waals surface area contributed by atoms with Gasteiger partial charge in [-0.15, -0.1) is 0 Å². The molecule has 2 aromatic rings. The second-order valence-corrected chi connectivity index (χ2v) is 6.44. The molecule has 0 bridgehead atoms. The Morgan fingerprint density at radius 1 is 1.17 bits per heavy atom. The molecule has 0 unspecified atom stereocenters. The van der Waals surface area contributed by atoms with Gasteiger partial charge in [-0.1, -0.05) is 6.07 Å². The summed E-state index contributed by atoms with van der Waals surface area (Å²) in [7, 11) is -2.95. The SMILES string of the molecule is COc1ccc(CC(=O)O)cc1S(=O)(=O)Nc1ccc(F)c(F)c1. The largest absolute Gasteiger partial charge is 0.495 e. The minimum absolute atomic E-state index is 0.0146. The van der Waals surface area contributed by atoms with Crippen molar-refractivity contribution < 1.29 is 31.8 Å². The van der Waals surface area contributed by atoms with Gasteiger partial charge >= 0.3 is 5.97 Å². The molecule has 0 aliphatic heterocycles. The van der Waals surface area contributed by atoms with Crippen LogP contribution in [0.25, 0.3) is 0 Å². The lowest BCUT2D eigenvalue weighted by atomic mass is 10.1. The van der Waals surface area contributed by atoms with Crippen molar-refractivity contribution in [2.24, 2.45) is 0 Å². The van der Waals surface area contributed by atoms with Crippen LogP contribution >= 0.6 is 0 Å². The predicted octanol–water partition coefficient (Wildman–Crippen LogP) is 2.40. The van der Waals surface area contributed by atoms with Gasteiger partial charge in [0.1, 0.15) is 10.6 Å². The molecule has 2 aromatic carbocycles. The van der Waals surface area contributed by atoms with Gasteiger partial charge in [-0.2, -0.15) is 0 Å². The number of hydrogen-bond donors (Lipinski definition) is 2. The van der Waals surface area contributed by atoms with Crippen LogP contribution in [-0.4, -0.2) is 26.6 Å². The molecule has 0 aliphatic rings. The van der Waals surface area contributed by atoms with E-state index in [0.29, 0.717) is 6.07 Å². The van der Waals surface area contributed by atoms with Crippen LogP contribution in [0.2, 0.25) is 0 Å². The van der Waals surface area contributed by atoms with Gasteiger partial charge in [0.15, 0.2) is 11.6 Å². The van der Waals surface area contributed by atoms with Crippen LogP contribution in [0.1, 0.15) is 5.56 Å². The summed E-state index contributed by atoms with van der Waals surface area (Å²) in [6.07, 6.45) is -0.377. The molecule has 0 radical (unpaired) electrons. The summed E-state index contributed by atoms with van der Waals surface area (Å²) >= 11 is 0. The highest BCUT2D eigenvalue weighted by molar-refractivity contribution is 7.92. The third kappa shape index (κ3) is 3.99. The predicted molar refractivity (Wildman–Crippen MR) is 81.5 cm³/mol. The van der Waals surface area contributed by atoms with Gasteiger partial charge in [0.2, 0.25) is 0 Å². The zero-order chi connectivity index (χ0) is 17.9. The van der Waals surface area contributed by atoms with Gasteiger partial charge < -0.3 is 9.84 Å². The number of benzene rings is 2. The van der Waals surface area contributed by atoms with Crippen LogP contribution in [-0.2, 0) is 21.2 Å². The van der Waals surface area contributed by atoms with E-state index >= 15 is 0 Å². The molecule has 24 heavy (non-hydrogen) atoms. The van der Waals surface area contributed by atoms with Gasteiger partial charge in [-0.25, -0.2) is 17.2 Å². The van der Waals surface area contributed by atoms with E-state index in [2.05, 4.69) is 4.72 Å². The molecule has 9 heteroatoms. The Bertz CT molecular complexity index is 883. The van der Waals surface area contributed by atoms with E-state index in [1.165, 1.54) is 19.2 Å². The number of hydrogen-bond acceptors (Lipinski definition) is 4. The molecule has 0 saturated carbocycles. The normalized spacial score (nSPS) is 11.1. The molecule has 2 N–H and O–H groups in total. The number of methoxy groups -OCH3 is 1. The van der Waals surface area contributed by atoms with E-state index in [0.717, 1.165) is 18.2 Å². The van der Waals surface area contributed by atoms with Gasteiger partial charge in [0.05, 0.1) is 19.2 Å². The molecule has 128 valence electrons. The van der Waals surface area contributed by atoms with Crippen molar-refractivity contribution in [3.05, 3.63) is 53.6 Å². The van der Waals surface area contributed by atoms with Crippen molar-refractivity contribution in [2.45, 2.75) is 11.3 Å². The summed E-state index contributed by atoms with van der Waals surface area (Å²) < 4.78 is 58.1. The smallest absolute Gasteiger partial charge is 0.307 e. The quantitative estimate of drug-likeness (QED) is 0.828. The van der Waals surface area contributed by atoms with Crippen molar-refractivity contribution in [3.8, 4) is 5.75 Å². The second-order valence-electron chi connectivity index (χ2n) is 4.79. The minimum Gasteiger partial charge on any atom is -0.495 e. The van der Waals surface area contributed by atoms with E-state index in [9.17, 15) is 22.0 Å². The summed E-state index contributed by atoms with van der Waals surface area (Å²) in [5.41, 5.74) is 0.0635. The van der Waals surface area contributed by atoms with Crippen LogP contribution in [0.5, 0.6) is 5.75 Å². The number of rotatable bonds is 6. The average Bonchev–Trinajstić information content (AvgIpc) is 2.50. The lowest BCUT2D eigenvalue weighted by Gasteiger charge is -2.13. The molecule has 0 aliphatic carbocycles. The van der Waals surface area contributed by atoms with Gasteiger partial charge in [-0.05, 0) is 29.8 Å². The van der Waals surface area contributed by atoms with Gasteiger partial charge in [0.25, 0.3) is 10.0 Å². The number of nitrogens with one attached hydrogen (secondary N) is 1. The molecule has 6 nitrogen and oxygen atoms in total. The highest BCUT2D eigenvalue weighted by atomic mass is 32.2. The third-order valence-electron chi connectivity index (χ3n) is 3.04. The molecule has 0 atom stereocenters. The lowest BCUT2D eigenvalue weighted by molar-refractivity contribution is -0.136. The van der Waals surface area contributed by atoms with Crippen LogP contribution in [0.15, 0.2) is 41.3 Å². The first kappa shape index (κ1) is 17.7. The molecule has 2 rings (SSSR count). The number of carboxylic acid groups (broad SMARTS) is 1. The number of aliphatic carboxylic acids is 1. The van der Waals surface area contributed by atoms with E-state index in [1.54, 1.807) is 0 Å². The standard InChI is InChI=1S/C15H13F2NO5S/c1-23-13-5-2-9(7-15(19)20)6-14(13)24(21,22)18-10-3-4-11(16)12(17)8-10/h2-6,8,18H,7H2,1H3,(H,19,20). The van der Waals surface area contributed by atoms with Crippen LogP contribution in [0.4, 0.5) is 14.5 Å². The number of carbonyl (C=O) groups is 1. The highest BCUT2D eigenvalue weighted by Crippen LogP contribution is 2.27. The van der Waals surface area contributed by atoms with E-state index < -0.39 is 27.6 Å². The molecular weight excluding hydrogens is 344 g/mol. The van der Waals surface area contributed by atoms with Gasteiger partial charge in [-0.3, -0.25) is 9.52 Å². The molecule has 0 heterocycles. The maximum atomic E-state index is 13.2. The fourth-order valence-corrected chi connectivity index (χ4v) is 3.26. The first-order valence-corrected chi connectivity index (χ1v) is 8.08. The minimum atomic E-state index is -4.20. The first-order valence-electron chi connectivity index (χ1n) is 6.59. The van der Waals surface area contributed by atoms with Crippen LogP contribution < -0.4 is 9.46 Å². The van der Waals surface area contributed by atoms with E-state index in [4.69, 9.17) is 9.84 Å². The van der Waals surface area contributed by atoms with E-state index in [-0.39, 0.29) is 28.3 Å². The Balaban J connectivity index is 2.43. The van der Waals surface area contributed by atoms with Crippen molar-refractivity contribution in [3.63, 3.8) is 0 Å². The number of anilines is 1. The van der Waals surface area contributed by atoms with Crippen LogP contribution in [0.3, 0.4) is 0 Å². The Morgan fingerprint density at radius 3 is 2.46 bits per heavy atom. The van der Waals surface area contributed by atoms with Crippen LogP contribution in [0, 0.1) is 11.6 Å². The molecule has 0 aromatic heterocycles. The summed E-state index contributed by atoms with van der Waals surface area (Å²) in [6, 6.07) is 6.42.